The maximum absolute atomic E-state index is 11.5. The van der Waals surface area contributed by atoms with Crippen LogP contribution in [0.2, 0.25) is 0 Å². The maximum Gasteiger partial charge on any atom is 0.150 e. The third-order valence-electron chi connectivity index (χ3n) is 4.07. The molecule has 2 atom stereocenters. The minimum absolute atomic E-state index is 0.421. The van der Waals surface area contributed by atoms with Gasteiger partial charge < -0.3 is 5.32 Å². The first-order chi connectivity index (χ1) is 7.12. The molecule has 1 aliphatic carbocycles. The van der Waals surface area contributed by atoms with Crippen molar-refractivity contribution in [2.75, 3.05) is 25.1 Å². The van der Waals surface area contributed by atoms with Gasteiger partial charge in [0.2, 0.25) is 0 Å². The lowest BCUT2D eigenvalue weighted by molar-refractivity contribution is 0.153. The Hall–Kier alpha value is -0.0900. The van der Waals surface area contributed by atoms with Gasteiger partial charge in [-0.3, -0.25) is 0 Å². The normalized spacial score (nSPS) is 32.5. The molecule has 1 saturated carbocycles. The Labute approximate surface area is 92.6 Å². The summed E-state index contributed by atoms with van der Waals surface area (Å²) in [5, 5.41) is 3.23. The highest BCUT2D eigenvalue weighted by Gasteiger charge is 2.38. The molecule has 1 aliphatic heterocycles. The van der Waals surface area contributed by atoms with E-state index in [1.54, 1.807) is 0 Å². The first kappa shape index (κ1) is 11.4. The number of rotatable bonds is 4. The van der Waals surface area contributed by atoms with E-state index in [4.69, 9.17) is 0 Å². The predicted octanol–water partition coefficient (Wildman–Crippen LogP) is 1.06. The van der Waals surface area contributed by atoms with E-state index in [1.165, 1.54) is 19.3 Å². The summed E-state index contributed by atoms with van der Waals surface area (Å²) in [5.41, 5.74) is 0. The molecule has 0 radical (unpaired) electrons. The number of sulfone groups is 1. The van der Waals surface area contributed by atoms with Crippen LogP contribution in [0.5, 0.6) is 0 Å². The van der Waals surface area contributed by atoms with Crippen molar-refractivity contribution in [1.82, 2.24) is 5.32 Å². The van der Waals surface area contributed by atoms with Crippen molar-refractivity contribution in [3.63, 3.8) is 0 Å². The van der Waals surface area contributed by atoms with E-state index in [2.05, 4.69) is 5.32 Å². The average Bonchev–Trinajstić information content (AvgIpc) is 2.42. The summed E-state index contributed by atoms with van der Waals surface area (Å²) in [6, 6.07) is 0. The van der Waals surface area contributed by atoms with E-state index >= 15 is 0 Å². The zero-order chi connectivity index (χ0) is 10.9. The highest BCUT2D eigenvalue weighted by molar-refractivity contribution is 7.91. The molecular formula is C11H21NO2S. The molecule has 2 fully saturated rings. The van der Waals surface area contributed by atoms with Gasteiger partial charge >= 0.3 is 0 Å². The summed E-state index contributed by atoms with van der Waals surface area (Å²) < 4.78 is 22.9. The van der Waals surface area contributed by atoms with Crippen molar-refractivity contribution in [3.8, 4) is 0 Å². The van der Waals surface area contributed by atoms with Crippen LogP contribution in [0.4, 0.5) is 0 Å². The Morgan fingerprint density at radius 2 is 2.00 bits per heavy atom. The van der Waals surface area contributed by atoms with Gasteiger partial charge in [-0.25, -0.2) is 8.42 Å². The van der Waals surface area contributed by atoms with E-state index in [0.29, 0.717) is 23.3 Å². The Bertz CT molecular complexity index is 309. The first-order valence-corrected chi connectivity index (χ1v) is 7.79. The van der Waals surface area contributed by atoms with Crippen molar-refractivity contribution in [3.05, 3.63) is 0 Å². The fourth-order valence-electron chi connectivity index (χ4n) is 2.98. The Kier molecular flexibility index (Phi) is 3.36. The lowest BCUT2D eigenvalue weighted by Gasteiger charge is -2.37. The molecule has 4 heteroatoms. The summed E-state index contributed by atoms with van der Waals surface area (Å²) in [6.07, 6.45) is 4.85. The number of hydrogen-bond acceptors (Lipinski definition) is 3. The second-order valence-electron chi connectivity index (χ2n) is 5.08. The summed E-state index contributed by atoms with van der Waals surface area (Å²) in [7, 11) is -0.737. The highest BCUT2D eigenvalue weighted by Crippen LogP contribution is 2.40. The fraction of sp³-hybridized carbons (Fsp3) is 1.00. The van der Waals surface area contributed by atoms with E-state index < -0.39 is 9.84 Å². The van der Waals surface area contributed by atoms with Crippen LogP contribution in [0.15, 0.2) is 0 Å². The van der Waals surface area contributed by atoms with Crippen LogP contribution in [0.1, 0.15) is 25.7 Å². The average molecular weight is 231 g/mol. The van der Waals surface area contributed by atoms with E-state index in [1.807, 2.05) is 7.05 Å². The van der Waals surface area contributed by atoms with Gasteiger partial charge in [0.1, 0.15) is 0 Å². The lowest BCUT2D eigenvalue weighted by Crippen LogP contribution is -2.36. The summed E-state index contributed by atoms with van der Waals surface area (Å²) >= 11 is 0. The fourth-order valence-corrected chi connectivity index (χ4v) is 4.88. The molecule has 2 unspecified atom stereocenters. The SMILES string of the molecule is CNCC(C1CCC1)C1CCS(=O)(=O)C1. The molecule has 0 aromatic rings. The smallest absolute Gasteiger partial charge is 0.150 e. The van der Waals surface area contributed by atoms with Crippen LogP contribution in [0, 0.1) is 17.8 Å². The largest absolute Gasteiger partial charge is 0.319 e. The van der Waals surface area contributed by atoms with Crippen LogP contribution in [-0.2, 0) is 9.84 Å². The van der Waals surface area contributed by atoms with Crippen molar-refractivity contribution < 1.29 is 8.42 Å². The first-order valence-electron chi connectivity index (χ1n) is 5.97. The lowest BCUT2D eigenvalue weighted by atomic mass is 9.70. The van der Waals surface area contributed by atoms with Crippen LogP contribution >= 0.6 is 0 Å². The quantitative estimate of drug-likeness (QED) is 0.787. The van der Waals surface area contributed by atoms with Crippen LogP contribution < -0.4 is 5.32 Å². The molecule has 0 amide bonds. The van der Waals surface area contributed by atoms with Gasteiger partial charge in [0.25, 0.3) is 0 Å². The molecule has 0 spiro atoms. The molecule has 88 valence electrons. The van der Waals surface area contributed by atoms with E-state index in [-0.39, 0.29) is 0 Å². The van der Waals surface area contributed by atoms with Gasteiger partial charge in [0, 0.05) is 0 Å². The van der Waals surface area contributed by atoms with Crippen molar-refractivity contribution in [1.29, 1.82) is 0 Å². The second-order valence-corrected chi connectivity index (χ2v) is 7.30. The molecule has 1 N–H and O–H groups in total. The van der Waals surface area contributed by atoms with Gasteiger partial charge in [0.05, 0.1) is 11.5 Å². The Morgan fingerprint density at radius 3 is 2.40 bits per heavy atom. The molecule has 0 aromatic carbocycles. The van der Waals surface area contributed by atoms with E-state index in [0.717, 1.165) is 18.9 Å². The topological polar surface area (TPSA) is 46.2 Å². The second kappa shape index (κ2) is 4.42. The van der Waals surface area contributed by atoms with Gasteiger partial charge in [0.15, 0.2) is 9.84 Å². The van der Waals surface area contributed by atoms with Crippen molar-refractivity contribution in [2.45, 2.75) is 25.7 Å². The minimum atomic E-state index is -2.70. The van der Waals surface area contributed by atoms with Gasteiger partial charge in [-0.2, -0.15) is 0 Å². The molecule has 3 nitrogen and oxygen atoms in total. The number of nitrogens with one attached hydrogen (secondary N) is 1. The van der Waals surface area contributed by atoms with Gasteiger partial charge in [-0.15, -0.1) is 0 Å². The predicted molar refractivity (Wildman–Crippen MR) is 61.5 cm³/mol. The Morgan fingerprint density at radius 1 is 1.27 bits per heavy atom. The molecule has 0 bridgehead atoms. The van der Waals surface area contributed by atoms with Gasteiger partial charge in [-0.1, -0.05) is 19.3 Å². The third kappa shape index (κ3) is 2.53. The van der Waals surface area contributed by atoms with Gasteiger partial charge in [-0.05, 0) is 37.8 Å². The van der Waals surface area contributed by atoms with Crippen LogP contribution in [-0.4, -0.2) is 33.5 Å². The molecule has 1 heterocycles. The molecule has 1 saturated heterocycles. The number of hydrogen-bond donors (Lipinski definition) is 1. The van der Waals surface area contributed by atoms with E-state index in [9.17, 15) is 8.42 Å². The standard InChI is InChI=1S/C11H21NO2S/c1-12-7-11(9-3-2-4-9)10-5-6-15(13,14)8-10/h9-12H,2-8H2,1H3. The molecule has 15 heavy (non-hydrogen) atoms. The Balaban J connectivity index is 1.98. The van der Waals surface area contributed by atoms with Crippen molar-refractivity contribution >= 4 is 9.84 Å². The summed E-state index contributed by atoms with van der Waals surface area (Å²) in [6.45, 7) is 0.991. The highest BCUT2D eigenvalue weighted by atomic mass is 32.2. The summed E-state index contributed by atoms with van der Waals surface area (Å²) in [5.74, 6) is 2.67. The molecule has 2 aliphatic rings. The molecular weight excluding hydrogens is 210 g/mol. The zero-order valence-corrected chi connectivity index (χ0v) is 10.2. The van der Waals surface area contributed by atoms with Crippen LogP contribution in [0.3, 0.4) is 0 Å². The monoisotopic (exact) mass is 231 g/mol. The molecule has 0 aromatic heterocycles. The maximum atomic E-state index is 11.5. The summed E-state index contributed by atoms with van der Waals surface area (Å²) in [4.78, 5) is 0. The third-order valence-corrected chi connectivity index (χ3v) is 5.86. The zero-order valence-electron chi connectivity index (χ0n) is 9.41. The molecule has 2 rings (SSSR count). The minimum Gasteiger partial charge on any atom is -0.319 e. The van der Waals surface area contributed by atoms with Crippen LogP contribution in [0.25, 0.3) is 0 Å². The van der Waals surface area contributed by atoms with Crippen molar-refractivity contribution in [2.24, 2.45) is 17.8 Å².